The molecule has 1 aromatic carbocycles. The van der Waals surface area contributed by atoms with Crippen LogP contribution >= 0.6 is 11.3 Å². The summed E-state index contributed by atoms with van der Waals surface area (Å²) in [5, 5.41) is 6.43. The molecule has 8 nitrogen and oxygen atoms in total. The number of nitrogens with zero attached hydrogens (tertiary/aromatic N) is 3. The fourth-order valence-electron chi connectivity index (χ4n) is 5.13. The zero-order valence-electron chi connectivity index (χ0n) is 19.0. The van der Waals surface area contributed by atoms with Crippen LogP contribution in [0.1, 0.15) is 48.3 Å². The molecule has 2 aliphatic rings. The highest BCUT2D eigenvalue weighted by Gasteiger charge is 2.50. The van der Waals surface area contributed by atoms with Gasteiger partial charge in [0.1, 0.15) is 0 Å². The number of hydrogen-bond donors (Lipinski definition) is 2. The fourth-order valence-corrected chi connectivity index (χ4v) is 5.94. The van der Waals surface area contributed by atoms with E-state index in [4.69, 9.17) is 4.98 Å². The number of aromatic nitrogens is 2. The highest BCUT2D eigenvalue weighted by atomic mass is 32.1. The molecule has 1 saturated heterocycles. The molecule has 1 saturated carbocycles. The summed E-state index contributed by atoms with van der Waals surface area (Å²) < 4.78 is 2.13. The smallest absolute Gasteiger partial charge is 0.268 e. The molecule has 0 unspecified atom stereocenters. The third-order valence-corrected chi connectivity index (χ3v) is 7.86. The molecule has 3 heterocycles. The monoisotopic (exact) mass is 477 g/mol. The van der Waals surface area contributed by atoms with Gasteiger partial charge in [-0.05, 0) is 55.0 Å². The van der Waals surface area contributed by atoms with E-state index in [0.717, 1.165) is 43.4 Å². The molecule has 0 radical (unpaired) electrons. The van der Waals surface area contributed by atoms with Gasteiger partial charge in [-0.2, -0.15) is 0 Å². The quantitative estimate of drug-likeness (QED) is 0.513. The van der Waals surface area contributed by atoms with Crippen LogP contribution in [0.25, 0.3) is 11.0 Å². The number of rotatable bonds is 6. The van der Waals surface area contributed by atoms with E-state index in [1.54, 1.807) is 19.1 Å². The molecular weight excluding hydrogens is 450 g/mol. The van der Waals surface area contributed by atoms with Crippen molar-refractivity contribution in [2.75, 3.05) is 23.7 Å². The summed E-state index contributed by atoms with van der Waals surface area (Å²) in [4.78, 5) is 43.8. The van der Waals surface area contributed by atoms with E-state index in [1.807, 2.05) is 29.2 Å². The van der Waals surface area contributed by atoms with Crippen molar-refractivity contribution in [3.05, 3.63) is 53.9 Å². The molecule has 0 atom stereocenters. The number of fused-ring (bicyclic) bond motifs is 1. The SMILES string of the molecule is C=CC(=O)N1CCC2(CC(n3c(NC(=O)c4ccc(NC(=O)CC)s4)nc4ccccc43)C2)C1. The van der Waals surface area contributed by atoms with Crippen molar-refractivity contribution in [2.45, 2.75) is 38.6 Å². The first kappa shape index (κ1) is 22.3. The number of hydrogen-bond acceptors (Lipinski definition) is 5. The van der Waals surface area contributed by atoms with Gasteiger partial charge in [0.25, 0.3) is 5.91 Å². The van der Waals surface area contributed by atoms with E-state index in [-0.39, 0.29) is 29.2 Å². The Labute approximate surface area is 201 Å². The Morgan fingerprint density at radius 2 is 2.00 bits per heavy atom. The minimum atomic E-state index is -0.254. The van der Waals surface area contributed by atoms with Gasteiger partial charge in [-0.3, -0.25) is 19.7 Å². The first-order valence-corrected chi connectivity index (χ1v) is 12.3. The van der Waals surface area contributed by atoms with Crippen molar-refractivity contribution in [2.24, 2.45) is 5.41 Å². The van der Waals surface area contributed by atoms with Gasteiger partial charge in [-0.25, -0.2) is 4.98 Å². The molecule has 34 heavy (non-hydrogen) atoms. The van der Waals surface area contributed by atoms with Crippen molar-refractivity contribution in [3.63, 3.8) is 0 Å². The minimum Gasteiger partial charge on any atom is -0.339 e. The standard InChI is InChI=1S/C25H27N5O3S/c1-3-20(31)27-21-10-9-19(34-21)23(33)28-24-26-17-7-5-6-8-18(17)30(24)16-13-25(14-16)11-12-29(15-25)22(32)4-2/h4-10,16H,2-3,11-15H2,1H3,(H,27,31)(H,26,28,33). The molecule has 2 N–H and O–H groups in total. The molecule has 176 valence electrons. The Bertz CT molecular complexity index is 1290. The maximum atomic E-state index is 13.0. The number of carbonyl (C=O) groups is 3. The highest BCUT2D eigenvalue weighted by molar-refractivity contribution is 7.18. The largest absolute Gasteiger partial charge is 0.339 e. The van der Waals surface area contributed by atoms with Crippen LogP contribution in [0.4, 0.5) is 10.9 Å². The Morgan fingerprint density at radius 3 is 2.76 bits per heavy atom. The van der Waals surface area contributed by atoms with Crippen molar-refractivity contribution in [3.8, 4) is 0 Å². The van der Waals surface area contributed by atoms with Crippen LogP contribution in [0.15, 0.2) is 49.1 Å². The predicted octanol–water partition coefficient (Wildman–Crippen LogP) is 4.44. The normalized spacial score (nSPS) is 21.4. The Morgan fingerprint density at radius 1 is 1.21 bits per heavy atom. The summed E-state index contributed by atoms with van der Waals surface area (Å²) in [6.07, 6.45) is 4.62. The lowest BCUT2D eigenvalue weighted by molar-refractivity contribution is -0.125. The van der Waals surface area contributed by atoms with Crippen LogP contribution in [0.2, 0.25) is 0 Å². The number of benzene rings is 1. The lowest BCUT2D eigenvalue weighted by Gasteiger charge is -2.46. The summed E-state index contributed by atoms with van der Waals surface area (Å²) in [6, 6.07) is 11.5. The minimum absolute atomic E-state index is 0.00759. The third-order valence-electron chi connectivity index (χ3n) is 6.86. The maximum absolute atomic E-state index is 13.0. The predicted molar refractivity (Wildman–Crippen MR) is 133 cm³/mol. The van der Waals surface area contributed by atoms with E-state index >= 15 is 0 Å². The Kier molecular flexibility index (Phi) is 5.73. The average Bonchev–Trinajstić information content (AvgIpc) is 3.54. The van der Waals surface area contributed by atoms with Gasteiger partial charge in [0.05, 0.1) is 20.9 Å². The number of anilines is 2. The molecule has 3 amide bonds. The van der Waals surface area contributed by atoms with Gasteiger partial charge in [0.2, 0.25) is 17.8 Å². The molecule has 1 aliphatic carbocycles. The van der Waals surface area contributed by atoms with E-state index in [9.17, 15) is 14.4 Å². The van der Waals surface area contributed by atoms with Crippen molar-refractivity contribution < 1.29 is 14.4 Å². The van der Waals surface area contributed by atoms with Gasteiger partial charge in [0, 0.05) is 25.6 Å². The van der Waals surface area contributed by atoms with Gasteiger partial charge in [-0.15, -0.1) is 11.3 Å². The molecule has 9 heteroatoms. The van der Waals surface area contributed by atoms with Crippen LogP contribution in [0, 0.1) is 5.41 Å². The average molecular weight is 478 g/mol. The molecule has 2 aromatic heterocycles. The van der Waals surface area contributed by atoms with Crippen LogP contribution in [-0.4, -0.2) is 45.3 Å². The molecule has 5 rings (SSSR count). The second-order valence-corrected chi connectivity index (χ2v) is 10.2. The third kappa shape index (κ3) is 4.00. The van der Waals surface area contributed by atoms with E-state index in [0.29, 0.717) is 22.2 Å². The summed E-state index contributed by atoms with van der Waals surface area (Å²) in [5.74, 6) is 0.174. The molecule has 2 fully saturated rings. The Hall–Kier alpha value is -3.46. The summed E-state index contributed by atoms with van der Waals surface area (Å²) in [6.45, 7) is 6.91. The van der Waals surface area contributed by atoms with E-state index < -0.39 is 0 Å². The van der Waals surface area contributed by atoms with E-state index in [2.05, 4.69) is 21.8 Å². The highest BCUT2D eigenvalue weighted by Crippen LogP contribution is 2.55. The van der Waals surface area contributed by atoms with Crippen LogP contribution in [0.5, 0.6) is 0 Å². The number of carbonyl (C=O) groups excluding carboxylic acids is 3. The molecule has 0 bridgehead atoms. The number of imidazole rings is 1. The van der Waals surface area contributed by atoms with Crippen molar-refractivity contribution in [1.82, 2.24) is 14.5 Å². The second-order valence-electron chi connectivity index (χ2n) is 9.09. The number of para-hydroxylation sites is 2. The van der Waals surface area contributed by atoms with Gasteiger partial charge in [-0.1, -0.05) is 25.6 Å². The van der Waals surface area contributed by atoms with Crippen LogP contribution in [0.3, 0.4) is 0 Å². The summed E-state index contributed by atoms with van der Waals surface area (Å²) in [7, 11) is 0. The lowest BCUT2D eigenvalue weighted by Crippen LogP contribution is -2.42. The lowest BCUT2D eigenvalue weighted by atomic mass is 9.65. The molecule has 1 aliphatic heterocycles. The van der Waals surface area contributed by atoms with E-state index in [1.165, 1.54) is 17.4 Å². The number of likely N-dealkylation sites (tertiary alicyclic amines) is 1. The number of amides is 3. The Balaban J connectivity index is 1.36. The maximum Gasteiger partial charge on any atom is 0.268 e. The molecular formula is C25H27N5O3S. The van der Waals surface area contributed by atoms with Crippen molar-refractivity contribution in [1.29, 1.82) is 0 Å². The molecule has 3 aromatic rings. The zero-order valence-corrected chi connectivity index (χ0v) is 19.9. The topological polar surface area (TPSA) is 96.3 Å². The van der Waals surface area contributed by atoms with Crippen LogP contribution < -0.4 is 10.6 Å². The summed E-state index contributed by atoms with van der Waals surface area (Å²) >= 11 is 1.24. The van der Waals surface area contributed by atoms with Gasteiger partial charge >= 0.3 is 0 Å². The number of nitrogens with one attached hydrogen (secondary N) is 2. The fraction of sp³-hybridized carbons (Fsp3) is 0.360. The first-order chi connectivity index (χ1) is 16.4. The van der Waals surface area contributed by atoms with Gasteiger partial charge in [0.15, 0.2) is 0 Å². The molecule has 1 spiro atoms. The van der Waals surface area contributed by atoms with Gasteiger partial charge < -0.3 is 14.8 Å². The van der Waals surface area contributed by atoms with Crippen molar-refractivity contribution >= 4 is 51.0 Å². The second kappa shape index (κ2) is 8.72. The first-order valence-electron chi connectivity index (χ1n) is 11.5. The zero-order chi connectivity index (χ0) is 23.9. The van der Waals surface area contributed by atoms with Crippen LogP contribution in [-0.2, 0) is 9.59 Å². The summed E-state index contributed by atoms with van der Waals surface area (Å²) in [5.41, 5.74) is 1.93. The number of thiophene rings is 1.